The van der Waals surface area contributed by atoms with Crippen molar-refractivity contribution in [2.45, 2.75) is 242 Å². The molecule has 0 unspecified atom stereocenters. The minimum absolute atomic E-state index is 0.750. The molecule has 10 aromatic rings. The Balaban J connectivity index is -0.000000208. The topological polar surface area (TPSA) is 224 Å². The summed E-state index contributed by atoms with van der Waals surface area (Å²) in [5, 5.41) is 24.7. The lowest BCUT2D eigenvalue weighted by molar-refractivity contribution is 0.392. The van der Waals surface area contributed by atoms with Crippen LogP contribution in [0.15, 0.2) is 87.6 Å². The highest BCUT2D eigenvalue weighted by atomic mass is 16.5. The van der Waals surface area contributed by atoms with Crippen molar-refractivity contribution >= 4 is 0 Å². The third kappa shape index (κ3) is 42.0. The van der Waals surface area contributed by atoms with Crippen molar-refractivity contribution in [3.05, 3.63) is 204 Å². The molecule has 10 heterocycles. The smallest absolute Gasteiger partial charge is 0.191 e. The van der Waals surface area contributed by atoms with Crippen molar-refractivity contribution in [3.63, 3.8) is 0 Å². The van der Waals surface area contributed by atoms with Crippen LogP contribution in [0.5, 0.6) is 0 Å². The maximum atomic E-state index is 5.10. The maximum absolute atomic E-state index is 5.10. The molecule has 0 saturated heterocycles. The summed E-state index contributed by atoms with van der Waals surface area (Å²) >= 11 is 0. The normalized spacial score (nSPS) is 8.68. The number of hydrogen-bond acceptors (Lipinski definition) is 12. The summed E-state index contributed by atoms with van der Waals surface area (Å²) in [5.41, 5.74) is 22.4. The summed E-state index contributed by atoms with van der Waals surface area (Å²) in [4.78, 5) is 22.0. The Morgan fingerprint density at radius 3 is 0.989 bits per heavy atom. The Labute approximate surface area is 535 Å². The van der Waals surface area contributed by atoms with Crippen LogP contribution in [0.2, 0.25) is 0 Å². The second-order valence-electron chi connectivity index (χ2n) is 18.5. The fourth-order valence-electron chi connectivity index (χ4n) is 5.17. The molecule has 0 aliphatic heterocycles. The summed E-state index contributed by atoms with van der Waals surface area (Å²) in [7, 11) is 1.95. The molecule has 0 amide bonds. The van der Waals surface area contributed by atoms with Crippen LogP contribution in [0.4, 0.5) is 0 Å². The highest BCUT2D eigenvalue weighted by Gasteiger charge is 2.01. The molecule has 0 radical (unpaired) electrons. The van der Waals surface area contributed by atoms with Gasteiger partial charge in [-0.05, 0) is 209 Å². The van der Waals surface area contributed by atoms with E-state index in [-0.39, 0.29) is 0 Å². The number of imidazole rings is 1. The molecule has 496 valence electrons. The first-order valence-corrected chi connectivity index (χ1v) is 31.1. The van der Waals surface area contributed by atoms with Crippen LogP contribution in [0, 0.1) is 159 Å². The number of aryl methyl sites for hydroxylation is 21. The Morgan fingerprint density at radius 2 is 0.852 bits per heavy atom. The zero-order valence-electron chi connectivity index (χ0n) is 62.1. The second kappa shape index (κ2) is 56.8. The lowest BCUT2D eigenvalue weighted by atomic mass is 10.2. The van der Waals surface area contributed by atoms with Gasteiger partial charge in [0.1, 0.15) is 17.3 Å². The van der Waals surface area contributed by atoms with E-state index < -0.39 is 0 Å². The second-order valence-corrected chi connectivity index (χ2v) is 18.5. The first-order valence-electron chi connectivity index (χ1n) is 31.1. The Hall–Kier alpha value is -7.95. The molecule has 0 aliphatic rings. The molecule has 10 aromatic heterocycles. The highest BCUT2D eigenvalue weighted by Crippen LogP contribution is 2.10. The van der Waals surface area contributed by atoms with Crippen molar-refractivity contribution in [3.8, 4) is 0 Å². The van der Waals surface area contributed by atoms with Gasteiger partial charge in [0, 0.05) is 84.6 Å². The van der Waals surface area contributed by atoms with Gasteiger partial charge in [0.15, 0.2) is 5.89 Å². The van der Waals surface area contributed by atoms with Gasteiger partial charge in [-0.25, -0.2) is 9.97 Å². The number of hydrogen-bond donors (Lipinski definition) is 4. The Bertz CT molecular complexity index is 2650. The molecule has 0 aromatic carbocycles. The lowest BCUT2D eigenvalue weighted by Crippen LogP contribution is -1.91. The third-order valence-corrected chi connectivity index (χ3v) is 12.4. The van der Waals surface area contributed by atoms with Crippen molar-refractivity contribution in [2.24, 2.45) is 7.05 Å². The van der Waals surface area contributed by atoms with E-state index in [0.717, 1.165) is 79.8 Å². The van der Waals surface area contributed by atoms with E-state index in [1.165, 1.54) is 50.2 Å². The number of H-pyrrole nitrogens is 4. The number of aromatic amines is 4. The fraction of sp³-hybridized carbons (Fsp3) is 0.507. The molecule has 4 N–H and O–H groups in total. The van der Waals surface area contributed by atoms with E-state index in [9.17, 15) is 0 Å². The Morgan fingerprint density at radius 1 is 0.398 bits per heavy atom. The molecule has 17 nitrogen and oxygen atoms in total. The van der Waals surface area contributed by atoms with Crippen LogP contribution >= 0.6 is 0 Å². The SMILES string of the molecule is CC.CC.CC.CC.CC.CC.Cc1c[nH]cc1C.Cc1cccnc1C.Cc1ccncc1C.Cc1cn[nH]c1C.Cc1cn[nH]c1C.Cc1cnn(C)c1C.Cc1nc(C)c(C)o1.Cc1nc[nH]c1C.Cc1noc(C)c1C.Cc1noc(C)c1C. The predicted octanol–water partition coefficient (Wildman–Crippen LogP) is 20.1. The first-order chi connectivity index (χ1) is 41.7. The number of nitrogens with zero attached hydrogens (tertiary/aromatic N) is 10. The predicted molar refractivity (Wildman–Crippen MR) is 375 cm³/mol. The summed E-state index contributed by atoms with van der Waals surface area (Å²) < 4.78 is 16.7. The van der Waals surface area contributed by atoms with Gasteiger partial charge >= 0.3 is 0 Å². The van der Waals surface area contributed by atoms with Crippen LogP contribution in [0.1, 0.15) is 213 Å². The number of pyridine rings is 2. The van der Waals surface area contributed by atoms with Crippen molar-refractivity contribution in [2.75, 3.05) is 0 Å². The van der Waals surface area contributed by atoms with Gasteiger partial charge in [0.25, 0.3) is 0 Å². The van der Waals surface area contributed by atoms with E-state index in [1.807, 2.05) is 267 Å². The van der Waals surface area contributed by atoms with E-state index in [0.29, 0.717) is 0 Å². The van der Waals surface area contributed by atoms with Crippen LogP contribution in [-0.2, 0) is 7.05 Å². The summed E-state index contributed by atoms with van der Waals surface area (Å²) in [6, 6.07) is 6.01. The molecule has 0 aliphatic carbocycles. The summed E-state index contributed by atoms with van der Waals surface area (Å²) in [5.74, 6) is 3.51. The number of rotatable bonds is 0. The standard InChI is InChI=1S/2C7H9N.C6H10N2.3C6H9NO.C6H9N.3C5H8N2.6C2H6/c1-6-3-4-8-5-7(6)2;1-6-4-3-5-8-7(6)2;1-5-4-7-8(3)6(5)2;1-4-5(2)8-6(3)7-4;2*1-4-5(2)7-8-6(4)3;1-5-3-7-4-6(5)2;1-4-5(2)7-3-6-4;2*1-4-3-6-7-5(4)2;6*1-2/h2*3-5H,1-2H3;4H,1-3H3;3*1-3H3;3-4,7H,1-2H3;3*3H,1-2H3,(H,6,7);6*1-2H3. The number of oxazole rings is 1. The van der Waals surface area contributed by atoms with Gasteiger partial charge in [-0.1, -0.05) is 99.5 Å². The van der Waals surface area contributed by atoms with Gasteiger partial charge in [-0.2, -0.15) is 15.3 Å². The van der Waals surface area contributed by atoms with E-state index in [4.69, 9.17) is 13.5 Å². The molecule has 10 rings (SSSR count). The zero-order chi connectivity index (χ0) is 69.7. The van der Waals surface area contributed by atoms with Crippen LogP contribution in [0.3, 0.4) is 0 Å². The molecule has 0 saturated carbocycles. The quantitative estimate of drug-likeness (QED) is 0.111. The highest BCUT2D eigenvalue weighted by molar-refractivity contribution is 5.21. The third-order valence-electron chi connectivity index (χ3n) is 12.4. The fourth-order valence-corrected chi connectivity index (χ4v) is 5.17. The van der Waals surface area contributed by atoms with E-state index in [1.54, 1.807) is 6.33 Å². The van der Waals surface area contributed by atoms with E-state index in [2.05, 4.69) is 120 Å². The zero-order valence-corrected chi connectivity index (χ0v) is 62.1. The largest absolute Gasteiger partial charge is 0.446 e. The summed E-state index contributed by atoms with van der Waals surface area (Å²) in [6.45, 7) is 69.9. The summed E-state index contributed by atoms with van der Waals surface area (Å²) in [6.07, 6.45) is 16.7. The minimum atomic E-state index is 0.750. The van der Waals surface area contributed by atoms with Crippen LogP contribution in [0.25, 0.3) is 0 Å². The average Bonchev–Trinajstić information content (AvgIpc) is 4.54. The maximum Gasteiger partial charge on any atom is 0.191 e. The molecule has 0 fully saturated rings. The van der Waals surface area contributed by atoms with Gasteiger partial charge in [0.2, 0.25) is 0 Å². The van der Waals surface area contributed by atoms with Gasteiger partial charge < -0.3 is 23.4 Å². The molecular formula is C71H124N14O3. The number of nitrogens with one attached hydrogen (secondary N) is 4. The van der Waals surface area contributed by atoms with Crippen molar-refractivity contribution in [1.82, 2.24) is 70.4 Å². The van der Waals surface area contributed by atoms with Gasteiger partial charge in [-0.3, -0.25) is 24.8 Å². The molecule has 17 heteroatoms. The Kier molecular flexibility index (Phi) is 58.9. The monoisotopic (exact) mass is 1220 g/mol. The average molecular weight is 1220 g/mol. The molecule has 0 bridgehead atoms. The van der Waals surface area contributed by atoms with Gasteiger partial charge in [0.05, 0.1) is 47.7 Å². The van der Waals surface area contributed by atoms with Crippen LogP contribution in [-0.4, -0.2) is 70.4 Å². The number of aromatic nitrogens is 14. The molecule has 0 spiro atoms. The lowest BCUT2D eigenvalue weighted by Gasteiger charge is -1.92. The molecule has 0 atom stereocenters. The first kappa shape index (κ1) is 91.2. The van der Waals surface area contributed by atoms with E-state index >= 15 is 0 Å². The van der Waals surface area contributed by atoms with Crippen molar-refractivity contribution < 1.29 is 13.5 Å². The van der Waals surface area contributed by atoms with Gasteiger partial charge in [-0.15, -0.1) is 0 Å². The molecular weight excluding hydrogens is 1100 g/mol. The minimum Gasteiger partial charge on any atom is -0.446 e. The molecule has 88 heavy (non-hydrogen) atoms. The van der Waals surface area contributed by atoms with Crippen LogP contribution < -0.4 is 0 Å². The van der Waals surface area contributed by atoms with Crippen molar-refractivity contribution in [1.29, 1.82) is 0 Å².